The van der Waals surface area contributed by atoms with Crippen LogP contribution in [0.25, 0.3) is 0 Å². The predicted molar refractivity (Wildman–Crippen MR) is 66.5 cm³/mol. The van der Waals surface area contributed by atoms with Crippen molar-refractivity contribution in [3.05, 3.63) is 23.8 Å². The van der Waals surface area contributed by atoms with Crippen molar-refractivity contribution in [2.75, 3.05) is 55.4 Å². The van der Waals surface area contributed by atoms with E-state index in [1.165, 1.54) is 6.54 Å². The molecule has 86 valence electrons. The van der Waals surface area contributed by atoms with E-state index in [1.807, 2.05) is 0 Å². The Morgan fingerprint density at radius 2 is 1.60 bits per heavy atom. The van der Waals surface area contributed by atoms with E-state index in [0.29, 0.717) is 5.92 Å². The van der Waals surface area contributed by atoms with Crippen LogP contribution in [0.4, 0.5) is 0 Å². The number of hydrogen-bond donors (Lipinski definition) is 0. The SMILES string of the molecule is C[N+](C)(C)CC1=CC=CC1C[N+](C)(C)C. The minimum Gasteiger partial charge on any atom is -0.330 e. The Labute approximate surface area is 94.7 Å². The van der Waals surface area contributed by atoms with Crippen LogP contribution in [0, 0.1) is 5.92 Å². The van der Waals surface area contributed by atoms with Crippen LogP contribution in [0.1, 0.15) is 0 Å². The average Bonchev–Trinajstić information content (AvgIpc) is 2.29. The lowest BCUT2D eigenvalue weighted by molar-refractivity contribution is -0.875. The van der Waals surface area contributed by atoms with E-state index in [0.717, 1.165) is 15.5 Å². The van der Waals surface area contributed by atoms with Gasteiger partial charge in [-0.3, -0.25) is 0 Å². The molecule has 0 aliphatic heterocycles. The molecule has 0 heterocycles. The van der Waals surface area contributed by atoms with Crippen LogP contribution in [-0.2, 0) is 0 Å². The lowest BCUT2D eigenvalue weighted by Crippen LogP contribution is -2.42. The third-order valence-corrected chi connectivity index (χ3v) is 2.53. The monoisotopic (exact) mass is 210 g/mol. The average molecular weight is 210 g/mol. The molecule has 1 unspecified atom stereocenters. The first kappa shape index (κ1) is 12.5. The maximum atomic E-state index is 2.34. The van der Waals surface area contributed by atoms with E-state index in [9.17, 15) is 0 Å². The van der Waals surface area contributed by atoms with Gasteiger partial charge < -0.3 is 8.97 Å². The number of hydrogen-bond acceptors (Lipinski definition) is 0. The number of quaternary nitrogens is 2. The zero-order valence-corrected chi connectivity index (χ0v) is 11.1. The number of likely N-dealkylation sites (N-methyl/N-ethyl adjacent to an activating group) is 1. The first-order valence-corrected chi connectivity index (χ1v) is 5.65. The molecular weight excluding hydrogens is 184 g/mol. The quantitative estimate of drug-likeness (QED) is 0.617. The van der Waals surface area contributed by atoms with Crippen LogP contribution in [0.5, 0.6) is 0 Å². The normalized spacial score (nSPS) is 22.0. The molecule has 1 rings (SSSR count). The van der Waals surface area contributed by atoms with E-state index >= 15 is 0 Å². The third kappa shape index (κ3) is 4.63. The molecule has 0 saturated heterocycles. The minimum absolute atomic E-state index is 0.641. The topological polar surface area (TPSA) is 0 Å². The largest absolute Gasteiger partial charge is 0.330 e. The van der Waals surface area contributed by atoms with Crippen molar-refractivity contribution in [2.24, 2.45) is 5.92 Å². The summed E-state index contributed by atoms with van der Waals surface area (Å²) in [6, 6.07) is 0. The van der Waals surface area contributed by atoms with Gasteiger partial charge in [-0.25, -0.2) is 0 Å². The highest BCUT2D eigenvalue weighted by atomic mass is 15.3. The highest BCUT2D eigenvalue weighted by Gasteiger charge is 2.25. The molecule has 0 bridgehead atoms. The Bertz CT molecular complexity index is 274. The zero-order chi connectivity index (χ0) is 11.7. The van der Waals surface area contributed by atoms with Crippen molar-refractivity contribution >= 4 is 0 Å². The van der Waals surface area contributed by atoms with Gasteiger partial charge in [0.1, 0.15) is 6.54 Å². The Balaban J connectivity index is 2.61. The molecule has 0 aromatic rings. The highest BCUT2D eigenvalue weighted by Crippen LogP contribution is 2.23. The summed E-state index contributed by atoms with van der Waals surface area (Å²) in [6.07, 6.45) is 6.85. The highest BCUT2D eigenvalue weighted by molar-refractivity contribution is 5.27. The number of rotatable bonds is 4. The van der Waals surface area contributed by atoms with Gasteiger partial charge in [-0.1, -0.05) is 18.2 Å². The minimum atomic E-state index is 0.641. The van der Waals surface area contributed by atoms with Crippen LogP contribution in [0.15, 0.2) is 23.8 Å². The lowest BCUT2D eigenvalue weighted by atomic mass is 10.0. The summed E-state index contributed by atoms with van der Waals surface area (Å²) < 4.78 is 2.05. The van der Waals surface area contributed by atoms with Gasteiger partial charge in [-0.2, -0.15) is 0 Å². The lowest BCUT2D eigenvalue weighted by Gasteiger charge is -2.31. The molecule has 0 N–H and O–H groups in total. The van der Waals surface area contributed by atoms with Crippen molar-refractivity contribution in [3.63, 3.8) is 0 Å². The summed E-state index contributed by atoms with van der Waals surface area (Å²) in [5, 5.41) is 0. The second-order valence-electron chi connectivity index (χ2n) is 6.65. The zero-order valence-electron chi connectivity index (χ0n) is 11.1. The fourth-order valence-corrected chi connectivity index (χ4v) is 2.05. The fraction of sp³-hybridized carbons (Fsp3) is 0.692. The standard InChI is InChI=1S/C13H26N2/c1-14(2,3)10-12-8-7-9-13(12)11-15(4,5)6/h7-9,12H,10-11H2,1-6H3/q+2. The molecule has 1 atom stereocenters. The van der Waals surface area contributed by atoms with Crippen molar-refractivity contribution in [2.45, 2.75) is 0 Å². The molecular formula is C13H26N2+2. The van der Waals surface area contributed by atoms with Crippen LogP contribution in [-0.4, -0.2) is 64.3 Å². The molecule has 1 aliphatic rings. The Hall–Kier alpha value is -0.600. The molecule has 0 fully saturated rings. The van der Waals surface area contributed by atoms with Crippen LogP contribution >= 0.6 is 0 Å². The fourth-order valence-electron chi connectivity index (χ4n) is 2.05. The van der Waals surface area contributed by atoms with Gasteiger partial charge in [0, 0.05) is 0 Å². The Morgan fingerprint density at radius 3 is 2.07 bits per heavy atom. The van der Waals surface area contributed by atoms with Crippen LogP contribution in [0.2, 0.25) is 0 Å². The summed E-state index contributed by atoms with van der Waals surface area (Å²) >= 11 is 0. The third-order valence-electron chi connectivity index (χ3n) is 2.53. The van der Waals surface area contributed by atoms with Crippen LogP contribution < -0.4 is 0 Å². The van der Waals surface area contributed by atoms with E-state index < -0.39 is 0 Å². The first-order valence-electron chi connectivity index (χ1n) is 5.65. The summed E-state index contributed by atoms with van der Waals surface area (Å²) in [5.41, 5.74) is 1.58. The van der Waals surface area contributed by atoms with Crippen molar-refractivity contribution in [3.8, 4) is 0 Å². The molecule has 0 aromatic carbocycles. The Kier molecular flexibility index (Phi) is 3.41. The van der Waals surface area contributed by atoms with E-state index in [1.54, 1.807) is 5.57 Å². The number of allylic oxidation sites excluding steroid dienone is 2. The Morgan fingerprint density at radius 1 is 1.00 bits per heavy atom. The molecule has 0 amide bonds. The van der Waals surface area contributed by atoms with Crippen molar-refractivity contribution in [1.29, 1.82) is 0 Å². The molecule has 0 aromatic heterocycles. The van der Waals surface area contributed by atoms with Crippen LogP contribution in [0.3, 0.4) is 0 Å². The van der Waals surface area contributed by atoms with Gasteiger partial charge in [-0.15, -0.1) is 0 Å². The smallest absolute Gasteiger partial charge is 0.101 e. The van der Waals surface area contributed by atoms with E-state index in [2.05, 4.69) is 60.5 Å². The van der Waals surface area contributed by atoms with Gasteiger partial charge in [-0.05, 0) is 5.57 Å². The summed E-state index contributed by atoms with van der Waals surface area (Å²) in [5.74, 6) is 0.641. The molecule has 0 radical (unpaired) electrons. The van der Waals surface area contributed by atoms with Gasteiger partial charge >= 0.3 is 0 Å². The molecule has 15 heavy (non-hydrogen) atoms. The maximum Gasteiger partial charge on any atom is 0.101 e. The van der Waals surface area contributed by atoms with Gasteiger partial charge in [0.05, 0.1) is 54.7 Å². The van der Waals surface area contributed by atoms with Gasteiger partial charge in [0.25, 0.3) is 0 Å². The summed E-state index contributed by atoms with van der Waals surface area (Å²) in [6.45, 7) is 2.35. The summed E-state index contributed by atoms with van der Waals surface area (Å²) in [7, 11) is 13.5. The van der Waals surface area contributed by atoms with Gasteiger partial charge in [0.2, 0.25) is 0 Å². The van der Waals surface area contributed by atoms with E-state index in [-0.39, 0.29) is 0 Å². The molecule has 2 heteroatoms. The van der Waals surface area contributed by atoms with E-state index in [4.69, 9.17) is 0 Å². The number of nitrogens with zero attached hydrogens (tertiary/aromatic N) is 2. The van der Waals surface area contributed by atoms with Crippen molar-refractivity contribution in [1.82, 2.24) is 0 Å². The van der Waals surface area contributed by atoms with Crippen molar-refractivity contribution < 1.29 is 8.97 Å². The maximum absolute atomic E-state index is 2.34. The second kappa shape index (κ2) is 4.11. The second-order valence-corrected chi connectivity index (χ2v) is 6.65. The first-order chi connectivity index (χ1) is 6.67. The molecule has 2 nitrogen and oxygen atoms in total. The molecule has 1 aliphatic carbocycles. The van der Waals surface area contributed by atoms with Gasteiger partial charge in [0.15, 0.2) is 0 Å². The predicted octanol–water partition coefficient (Wildman–Crippen LogP) is 1.51. The molecule has 0 spiro atoms. The summed E-state index contributed by atoms with van der Waals surface area (Å²) in [4.78, 5) is 0. The molecule has 0 saturated carbocycles.